The fraction of sp³-hybridized carbons (Fsp3) is 0.375. The minimum absolute atomic E-state index is 0.0309. The molecule has 0 saturated carbocycles. The lowest BCUT2D eigenvalue weighted by Crippen LogP contribution is -2.38. The molecule has 0 spiro atoms. The Morgan fingerprint density at radius 1 is 0.947 bits per heavy atom. The topological polar surface area (TPSA) is 70.1 Å². The molecule has 6 nitrogen and oxygen atoms in total. The van der Waals surface area contributed by atoms with E-state index >= 15 is 0 Å². The molecule has 0 aliphatic carbocycles. The fourth-order valence-electron chi connectivity index (χ4n) is 5.07. The molecule has 4 rings (SSSR count). The molecule has 1 aliphatic rings. The molecule has 1 heterocycles. The number of likely N-dealkylation sites (N-methyl/N-ethyl adjacent to an activating group) is 1. The number of hydrogen-bond acceptors (Lipinski definition) is 5. The average molecular weight is 515 g/mol. The van der Waals surface area contributed by atoms with Crippen molar-refractivity contribution >= 4 is 28.2 Å². The van der Waals surface area contributed by atoms with Gasteiger partial charge in [-0.15, -0.1) is 0 Å². The lowest BCUT2D eigenvalue weighted by molar-refractivity contribution is -0.140. The summed E-state index contributed by atoms with van der Waals surface area (Å²) in [6, 6.07) is 18.6. The molecule has 1 aliphatic heterocycles. The van der Waals surface area contributed by atoms with Crippen LogP contribution in [-0.4, -0.2) is 59.9 Å². The van der Waals surface area contributed by atoms with Gasteiger partial charge in [-0.2, -0.15) is 0 Å². The second-order valence-corrected chi connectivity index (χ2v) is 10.8. The quantitative estimate of drug-likeness (QED) is 0.230. The molecule has 1 fully saturated rings. The highest BCUT2D eigenvalue weighted by Crippen LogP contribution is 2.40. The van der Waals surface area contributed by atoms with Crippen LogP contribution in [0.5, 0.6) is 5.75 Å². The minimum Gasteiger partial charge on any atom is -0.507 e. The highest BCUT2D eigenvalue weighted by Gasteiger charge is 2.46. The summed E-state index contributed by atoms with van der Waals surface area (Å²) in [5, 5.41) is 13.4. The van der Waals surface area contributed by atoms with Gasteiger partial charge in [0.2, 0.25) is 0 Å². The number of ketones is 1. The van der Waals surface area contributed by atoms with Gasteiger partial charge >= 0.3 is 0 Å². The number of rotatable bonds is 8. The van der Waals surface area contributed by atoms with E-state index in [2.05, 4.69) is 39.5 Å². The van der Waals surface area contributed by atoms with Crippen LogP contribution in [-0.2, 0) is 15.0 Å². The number of ether oxygens (including phenoxy) is 1. The van der Waals surface area contributed by atoms with E-state index in [4.69, 9.17) is 4.74 Å². The smallest absolute Gasteiger partial charge is 0.295 e. The van der Waals surface area contributed by atoms with Gasteiger partial charge in [0, 0.05) is 18.7 Å². The summed E-state index contributed by atoms with van der Waals surface area (Å²) in [5.74, 6) is -0.640. The van der Waals surface area contributed by atoms with Gasteiger partial charge in [0.15, 0.2) is 0 Å². The van der Waals surface area contributed by atoms with Crippen LogP contribution in [0.25, 0.3) is 16.5 Å². The summed E-state index contributed by atoms with van der Waals surface area (Å²) in [5.41, 5.74) is 2.57. The van der Waals surface area contributed by atoms with Crippen LogP contribution < -0.4 is 4.74 Å². The molecule has 1 N–H and O–H groups in total. The zero-order chi connectivity index (χ0) is 27.6. The number of fused-ring (bicyclic) bond motifs is 1. The molecule has 1 atom stereocenters. The lowest BCUT2D eigenvalue weighted by atomic mass is 9.85. The lowest BCUT2D eigenvalue weighted by Gasteiger charge is -2.28. The Balaban J connectivity index is 1.82. The number of aliphatic hydroxyl groups is 1. The molecular formula is C32H38N2O4. The van der Waals surface area contributed by atoms with Crippen molar-refractivity contribution < 1.29 is 19.4 Å². The number of likely N-dealkylation sites (tertiary alicyclic amines) is 1. The highest BCUT2D eigenvalue weighted by atomic mass is 16.5. The first-order valence-corrected chi connectivity index (χ1v) is 13.3. The highest BCUT2D eigenvalue weighted by molar-refractivity contribution is 6.46. The molecule has 1 saturated heterocycles. The molecule has 1 amide bonds. The first-order valence-electron chi connectivity index (χ1n) is 13.3. The zero-order valence-electron chi connectivity index (χ0n) is 23.2. The summed E-state index contributed by atoms with van der Waals surface area (Å²) in [7, 11) is 1.62. The van der Waals surface area contributed by atoms with Crippen LogP contribution >= 0.6 is 0 Å². The van der Waals surface area contributed by atoms with Gasteiger partial charge in [-0.05, 0) is 58.6 Å². The van der Waals surface area contributed by atoms with E-state index in [0.29, 0.717) is 18.7 Å². The van der Waals surface area contributed by atoms with Gasteiger partial charge in [0.25, 0.3) is 11.7 Å². The number of amides is 1. The van der Waals surface area contributed by atoms with E-state index in [1.165, 1.54) is 0 Å². The van der Waals surface area contributed by atoms with Crippen molar-refractivity contribution in [1.82, 2.24) is 9.80 Å². The van der Waals surface area contributed by atoms with Crippen molar-refractivity contribution in [3.63, 3.8) is 0 Å². The molecule has 38 heavy (non-hydrogen) atoms. The van der Waals surface area contributed by atoms with Crippen molar-refractivity contribution in [2.45, 2.75) is 46.1 Å². The minimum atomic E-state index is -0.661. The molecule has 6 heteroatoms. The van der Waals surface area contributed by atoms with Gasteiger partial charge in [0.1, 0.15) is 11.5 Å². The first kappa shape index (κ1) is 27.4. The maximum atomic E-state index is 13.4. The van der Waals surface area contributed by atoms with E-state index in [1.807, 2.05) is 54.6 Å². The van der Waals surface area contributed by atoms with Gasteiger partial charge in [-0.1, -0.05) is 77.1 Å². The molecule has 1 unspecified atom stereocenters. The number of benzene rings is 3. The Labute approximate surface area is 225 Å². The van der Waals surface area contributed by atoms with Crippen LogP contribution in [0.15, 0.2) is 66.2 Å². The van der Waals surface area contributed by atoms with E-state index < -0.39 is 17.7 Å². The molecule has 0 aromatic heterocycles. The van der Waals surface area contributed by atoms with Gasteiger partial charge in [-0.3, -0.25) is 9.59 Å². The van der Waals surface area contributed by atoms with Crippen LogP contribution in [0.2, 0.25) is 0 Å². The number of Topliss-reactive ketones (excluding diaryl/α,β-unsaturated/α-hetero) is 1. The summed E-state index contributed by atoms with van der Waals surface area (Å²) in [6.45, 7) is 13.3. The van der Waals surface area contributed by atoms with Crippen molar-refractivity contribution in [1.29, 1.82) is 0 Å². The number of aliphatic hydroxyl groups excluding tert-OH is 1. The molecule has 0 radical (unpaired) electrons. The van der Waals surface area contributed by atoms with Crippen molar-refractivity contribution in [3.05, 3.63) is 82.9 Å². The predicted octanol–water partition coefficient (Wildman–Crippen LogP) is 5.91. The van der Waals surface area contributed by atoms with Gasteiger partial charge < -0.3 is 19.6 Å². The number of hydrogen-bond donors (Lipinski definition) is 1. The Kier molecular flexibility index (Phi) is 7.93. The average Bonchev–Trinajstić information content (AvgIpc) is 3.17. The van der Waals surface area contributed by atoms with Crippen LogP contribution in [0.4, 0.5) is 0 Å². The first-order chi connectivity index (χ1) is 18.1. The van der Waals surface area contributed by atoms with Crippen LogP contribution in [0.3, 0.4) is 0 Å². The summed E-state index contributed by atoms with van der Waals surface area (Å²) < 4.78 is 5.32. The molecule has 200 valence electrons. The largest absolute Gasteiger partial charge is 0.507 e. The second kappa shape index (κ2) is 11.0. The van der Waals surface area contributed by atoms with Crippen molar-refractivity contribution in [2.75, 3.05) is 33.3 Å². The van der Waals surface area contributed by atoms with E-state index in [9.17, 15) is 14.7 Å². The third-order valence-corrected chi connectivity index (χ3v) is 7.50. The Morgan fingerprint density at radius 2 is 1.58 bits per heavy atom. The van der Waals surface area contributed by atoms with Gasteiger partial charge in [0.05, 0.1) is 18.7 Å². The predicted molar refractivity (Wildman–Crippen MR) is 152 cm³/mol. The number of carbonyl (C=O) groups is 2. The maximum absolute atomic E-state index is 13.4. The van der Waals surface area contributed by atoms with Crippen LogP contribution in [0.1, 0.15) is 57.4 Å². The second-order valence-electron chi connectivity index (χ2n) is 10.8. The normalized spacial score (nSPS) is 17.6. The number of nitrogens with zero attached hydrogens (tertiary/aromatic N) is 2. The number of carbonyl (C=O) groups excluding carboxylic acids is 2. The summed E-state index contributed by atoms with van der Waals surface area (Å²) >= 11 is 0. The molecule has 0 bridgehead atoms. The Bertz CT molecular complexity index is 1360. The van der Waals surface area contributed by atoms with E-state index in [1.54, 1.807) is 18.1 Å². The van der Waals surface area contributed by atoms with Crippen LogP contribution in [0, 0.1) is 0 Å². The summed E-state index contributed by atoms with van der Waals surface area (Å²) in [4.78, 5) is 30.6. The third kappa shape index (κ3) is 5.32. The third-order valence-electron chi connectivity index (χ3n) is 7.50. The zero-order valence-corrected chi connectivity index (χ0v) is 23.2. The van der Waals surface area contributed by atoms with E-state index in [0.717, 1.165) is 40.7 Å². The standard InChI is InChI=1S/C32H38N2O4/c1-7-33(8-2)17-18-34-28(21-11-14-25(15-12-21)32(3,4)5)27(30(36)31(34)37)29(35)24-10-9-23-20-26(38-6)16-13-22(23)19-24/h9-16,19-20,28,35H,7-8,17-18H2,1-6H3/b29-27+. The van der Waals surface area contributed by atoms with E-state index in [-0.39, 0.29) is 16.7 Å². The monoisotopic (exact) mass is 514 g/mol. The molecule has 3 aromatic carbocycles. The molecular weight excluding hydrogens is 476 g/mol. The number of methoxy groups -OCH3 is 1. The Morgan fingerprint density at radius 3 is 2.18 bits per heavy atom. The SMILES string of the molecule is CCN(CC)CCN1C(=O)C(=O)/C(=C(/O)c2ccc3cc(OC)ccc3c2)C1c1ccc(C(C)(C)C)cc1. The van der Waals surface area contributed by atoms with Crippen molar-refractivity contribution in [3.8, 4) is 5.75 Å². The maximum Gasteiger partial charge on any atom is 0.295 e. The summed E-state index contributed by atoms with van der Waals surface area (Å²) in [6.07, 6.45) is 0. The fourth-order valence-corrected chi connectivity index (χ4v) is 5.07. The Hall–Kier alpha value is -3.64. The molecule has 3 aromatic rings. The van der Waals surface area contributed by atoms with Gasteiger partial charge in [-0.25, -0.2) is 0 Å². The van der Waals surface area contributed by atoms with Crippen molar-refractivity contribution in [2.24, 2.45) is 0 Å².